The van der Waals surface area contributed by atoms with E-state index in [1.807, 2.05) is 0 Å². The molecular weight excluding hydrogens is 246 g/mol. The molecule has 0 aromatic carbocycles. The van der Waals surface area contributed by atoms with E-state index in [0.717, 1.165) is 28.9 Å². The summed E-state index contributed by atoms with van der Waals surface area (Å²) in [4.78, 5) is 8.68. The second-order valence-electron chi connectivity index (χ2n) is 5.09. The number of nitrogens with zero attached hydrogens (tertiary/aromatic N) is 2. The molecule has 1 saturated carbocycles. The largest absolute Gasteiger partial charge is 0.394 e. The Morgan fingerprint density at radius 3 is 2.89 bits per heavy atom. The first-order valence-corrected chi connectivity index (χ1v) is 7.20. The first-order chi connectivity index (χ1) is 8.74. The van der Waals surface area contributed by atoms with Gasteiger partial charge in [-0.3, -0.25) is 0 Å². The van der Waals surface area contributed by atoms with Gasteiger partial charge in [-0.1, -0.05) is 12.8 Å². The molecule has 1 aliphatic carbocycles. The number of hydrogen-bond donors (Lipinski definition) is 2. The van der Waals surface area contributed by atoms with Crippen LogP contribution in [0.25, 0.3) is 10.2 Å². The van der Waals surface area contributed by atoms with E-state index in [0.29, 0.717) is 0 Å². The molecule has 0 atom stereocenters. The molecule has 0 saturated heterocycles. The Bertz CT molecular complexity index is 560. The molecule has 0 bridgehead atoms. The van der Waals surface area contributed by atoms with E-state index in [4.69, 9.17) is 0 Å². The van der Waals surface area contributed by atoms with Crippen molar-refractivity contribution >= 4 is 27.4 Å². The van der Waals surface area contributed by atoms with Gasteiger partial charge in [-0.2, -0.15) is 0 Å². The number of aromatic nitrogens is 2. The highest BCUT2D eigenvalue weighted by Gasteiger charge is 2.33. The molecule has 2 N–H and O–H groups in total. The second kappa shape index (κ2) is 4.48. The number of aryl methyl sites for hydroxylation is 1. The van der Waals surface area contributed by atoms with Crippen LogP contribution >= 0.6 is 11.3 Å². The lowest BCUT2D eigenvalue weighted by molar-refractivity contribution is 0.214. The Morgan fingerprint density at radius 2 is 2.17 bits per heavy atom. The summed E-state index contributed by atoms with van der Waals surface area (Å²) in [5, 5.41) is 15.2. The lowest BCUT2D eigenvalue weighted by Gasteiger charge is -2.28. The fourth-order valence-corrected chi connectivity index (χ4v) is 3.63. The summed E-state index contributed by atoms with van der Waals surface area (Å²) in [6.45, 7) is 2.23. The Kier molecular flexibility index (Phi) is 2.95. The minimum absolute atomic E-state index is 0.169. The molecule has 0 unspecified atom stereocenters. The highest BCUT2D eigenvalue weighted by Crippen LogP contribution is 2.35. The number of anilines is 1. The number of thiophene rings is 1. The van der Waals surface area contributed by atoms with Gasteiger partial charge in [0.2, 0.25) is 0 Å². The van der Waals surface area contributed by atoms with Crippen LogP contribution in [0.4, 0.5) is 5.82 Å². The summed E-state index contributed by atoms with van der Waals surface area (Å²) in [5.41, 5.74) is 2.02. The normalized spacial score (nSPS) is 18.3. The number of aliphatic hydroxyl groups is 1. The predicted molar refractivity (Wildman–Crippen MR) is 74.1 cm³/mol. The minimum atomic E-state index is -0.181. The summed E-state index contributed by atoms with van der Waals surface area (Å²) in [5.74, 6) is 0.869. The number of aliphatic hydroxyl groups excluding tert-OH is 1. The van der Waals surface area contributed by atoms with Gasteiger partial charge in [-0.15, -0.1) is 11.3 Å². The van der Waals surface area contributed by atoms with Gasteiger partial charge >= 0.3 is 0 Å². The van der Waals surface area contributed by atoms with E-state index in [1.54, 1.807) is 17.7 Å². The number of hydrogen-bond acceptors (Lipinski definition) is 5. The van der Waals surface area contributed by atoms with Crippen LogP contribution in [0.15, 0.2) is 11.7 Å². The number of rotatable bonds is 3. The third-order valence-electron chi connectivity index (χ3n) is 3.78. The van der Waals surface area contributed by atoms with Gasteiger partial charge in [0, 0.05) is 0 Å². The van der Waals surface area contributed by atoms with Gasteiger partial charge < -0.3 is 10.4 Å². The molecule has 2 aromatic rings. The topological polar surface area (TPSA) is 58.0 Å². The molecule has 3 rings (SSSR count). The van der Waals surface area contributed by atoms with Gasteiger partial charge in [0.1, 0.15) is 12.1 Å². The van der Waals surface area contributed by atoms with Crippen LogP contribution in [0.2, 0.25) is 0 Å². The molecule has 96 valence electrons. The van der Waals surface area contributed by atoms with Gasteiger partial charge in [-0.25, -0.2) is 9.97 Å². The van der Waals surface area contributed by atoms with Crippen molar-refractivity contribution in [3.05, 3.63) is 17.3 Å². The predicted octanol–water partition coefficient (Wildman–Crippen LogP) is 2.72. The van der Waals surface area contributed by atoms with Crippen molar-refractivity contribution in [3.8, 4) is 0 Å². The molecule has 18 heavy (non-hydrogen) atoms. The SMILES string of the molecule is Cc1csc2c(NC3(CO)CCCC3)ncnc12. The molecule has 2 aromatic heterocycles. The molecule has 0 aliphatic heterocycles. The van der Waals surface area contributed by atoms with Gasteiger partial charge in [-0.05, 0) is 30.7 Å². The first-order valence-electron chi connectivity index (χ1n) is 6.32. The van der Waals surface area contributed by atoms with Crippen LogP contribution in [0.5, 0.6) is 0 Å². The summed E-state index contributed by atoms with van der Waals surface area (Å²) in [7, 11) is 0. The summed E-state index contributed by atoms with van der Waals surface area (Å²) >= 11 is 1.66. The van der Waals surface area contributed by atoms with E-state index in [2.05, 4.69) is 27.6 Å². The monoisotopic (exact) mass is 263 g/mol. The smallest absolute Gasteiger partial charge is 0.147 e. The highest BCUT2D eigenvalue weighted by molar-refractivity contribution is 7.18. The third kappa shape index (κ3) is 1.87. The summed E-state index contributed by atoms with van der Waals surface area (Å²) in [6.07, 6.45) is 5.97. The molecule has 4 nitrogen and oxygen atoms in total. The number of fused-ring (bicyclic) bond motifs is 1. The van der Waals surface area contributed by atoms with Crippen LogP contribution in [0.3, 0.4) is 0 Å². The van der Waals surface area contributed by atoms with E-state index < -0.39 is 0 Å². The standard InChI is InChI=1S/C13H17N3OS/c1-9-6-18-11-10(9)14-8-15-12(11)16-13(7-17)4-2-3-5-13/h6,8,17H,2-5,7H2,1H3,(H,14,15,16). The van der Waals surface area contributed by atoms with Crippen LogP contribution in [0, 0.1) is 6.92 Å². The van der Waals surface area contributed by atoms with Crippen molar-refractivity contribution < 1.29 is 5.11 Å². The van der Waals surface area contributed by atoms with Crippen molar-refractivity contribution in [2.75, 3.05) is 11.9 Å². The third-order valence-corrected chi connectivity index (χ3v) is 4.87. The average molecular weight is 263 g/mol. The Balaban J connectivity index is 1.99. The average Bonchev–Trinajstić information content (AvgIpc) is 2.99. The van der Waals surface area contributed by atoms with Crippen molar-refractivity contribution in [2.24, 2.45) is 0 Å². The molecule has 1 fully saturated rings. The van der Waals surface area contributed by atoms with Crippen LogP contribution < -0.4 is 5.32 Å². The van der Waals surface area contributed by atoms with Gasteiger partial charge in [0.15, 0.2) is 0 Å². The fraction of sp³-hybridized carbons (Fsp3) is 0.538. The zero-order chi connectivity index (χ0) is 12.6. The molecule has 0 spiro atoms. The fourth-order valence-electron chi connectivity index (χ4n) is 2.68. The second-order valence-corrected chi connectivity index (χ2v) is 5.97. The van der Waals surface area contributed by atoms with Crippen molar-refractivity contribution in [1.29, 1.82) is 0 Å². The molecular formula is C13H17N3OS. The van der Waals surface area contributed by atoms with Crippen LogP contribution in [-0.4, -0.2) is 27.2 Å². The van der Waals surface area contributed by atoms with E-state index in [9.17, 15) is 5.11 Å². The lowest BCUT2D eigenvalue weighted by Crippen LogP contribution is -2.39. The Hall–Kier alpha value is -1.20. The van der Waals surface area contributed by atoms with Crippen LogP contribution in [-0.2, 0) is 0 Å². The van der Waals surface area contributed by atoms with Gasteiger partial charge in [0.05, 0.1) is 22.4 Å². The van der Waals surface area contributed by atoms with Gasteiger partial charge in [0.25, 0.3) is 0 Å². The maximum absolute atomic E-state index is 9.65. The van der Waals surface area contributed by atoms with Crippen molar-refractivity contribution in [3.63, 3.8) is 0 Å². The van der Waals surface area contributed by atoms with Crippen LogP contribution in [0.1, 0.15) is 31.2 Å². The van der Waals surface area contributed by atoms with E-state index in [1.165, 1.54) is 18.4 Å². The maximum atomic E-state index is 9.65. The Labute approximate surface area is 110 Å². The zero-order valence-electron chi connectivity index (χ0n) is 10.4. The quantitative estimate of drug-likeness (QED) is 0.894. The van der Waals surface area contributed by atoms with E-state index >= 15 is 0 Å². The number of nitrogens with one attached hydrogen (secondary N) is 1. The molecule has 2 heterocycles. The zero-order valence-corrected chi connectivity index (χ0v) is 11.3. The van der Waals surface area contributed by atoms with E-state index in [-0.39, 0.29) is 12.1 Å². The first kappa shape index (κ1) is 11.9. The van der Waals surface area contributed by atoms with Crippen molar-refractivity contribution in [1.82, 2.24) is 9.97 Å². The van der Waals surface area contributed by atoms with Crippen molar-refractivity contribution in [2.45, 2.75) is 38.1 Å². The molecule has 0 radical (unpaired) electrons. The molecule has 5 heteroatoms. The highest BCUT2D eigenvalue weighted by atomic mass is 32.1. The molecule has 1 aliphatic rings. The lowest BCUT2D eigenvalue weighted by atomic mass is 9.99. The summed E-state index contributed by atoms with van der Waals surface area (Å²) in [6, 6.07) is 0. The minimum Gasteiger partial charge on any atom is -0.394 e. The maximum Gasteiger partial charge on any atom is 0.147 e. The Morgan fingerprint density at radius 1 is 1.39 bits per heavy atom. The molecule has 0 amide bonds. The summed E-state index contributed by atoms with van der Waals surface area (Å²) < 4.78 is 1.09.